The molecule has 1 aliphatic carbocycles. The molecular weight excluding hydrogens is 348 g/mol. The Kier molecular flexibility index (Phi) is 5.87. The summed E-state index contributed by atoms with van der Waals surface area (Å²) in [5, 5.41) is 5.12. The zero-order chi connectivity index (χ0) is 17.5. The molecule has 1 aliphatic rings. The molecule has 0 amide bonds. The van der Waals surface area contributed by atoms with Crippen LogP contribution < -0.4 is 11.1 Å². The molecule has 126 valence electrons. The van der Waals surface area contributed by atoms with Gasteiger partial charge in [0, 0.05) is 11.3 Å². The fourth-order valence-electron chi connectivity index (χ4n) is 2.23. The molecule has 2 aromatic rings. The van der Waals surface area contributed by atoms with Crippen molar-refractivity contribution in [1.29, 1.82) is 0 Å². The Morgan fingerprint density at radius 2 is 2.12 bits per heavy atom. The minimum atomic E-state index is 0.538. The Hall–Kier alpha value is -2.57. The van der Waals surface area contributed by atoms with Crippen molar-refractivity contribution < 1.29 is 0 Å². The van der Waals surface area contributed by atoms with Crippen molar-refractivity contribution in [3.63, 3.8) is 0 Å². The number of hydrogen-bond donors (Lipinski definition) is 2. The molecule has 3 N–H and O–H groups in total. The van der Waals surface area contributed by atoms with E-state index >= 15 is 0 Å². The van der Waals surface area contributed by atoms with Crippen LogP contribution in [0.4, 0.5) is 5.69 Å². The first-order valence-corrected chi connectivity index (χ1v) is 9.13. The summed E-state index contributed by atoms with van der Waals surface area (Å²) in [6.45, 7) is 0.591. The first kappa shape index (κ1) is 17.3. The highest BCUT2D eigenvalue weighted by Crippen LogP contribution is 2.16. The predicted molar refractivity (Wildman–Crippen MR) is 111 cm³/mol. The van der Waals surface area contributed by atoms with Gasteiger partial charge in [0.15, 0.2) is 0 Å². The summed E-state index contributed by atoms with van der Waals surface area (Å²) in [4.78, 5) is 10.7. The van der Waals surface area contributed by atoms with Gasteiger partial charge in [-0.1, -0.05) is 42.6 Å². The number of amidine groups is 1. The summed E-state index contributed by atoms with van der Waals surface area (Å²) in [7, 11) is 0. The van der Waals surface area contributed by atoms with Gasteiger partial charge in [0.1, 0.15) is 5.84 Å². The van der Waals surface area contributed by atoms with E-state index in [-0.39, 0.29) is 0 Å². The maximum absolute atomic E-state index is 6.00. The number of thiocarbonyl (C=S) groups is 1. The molecule has 0 aliphatic heterocycles. The van der Waals surface area contributed by atoms with Crippen LogP contribution >= 0.6 is 23.6 Å². The predicted octanol–water partition coefficient (Wildman–Crippen LogP) is 4.12. The molecule has 3 rings (SSSR count). The summed E-state index contributed by atoms with van der Waals surface area (Å²) in [6, 6.07) is 11.8. The van der Waals surface area contributed by atoms with Crippen molar-refractivity contribution in [3.05, 3.63) is 76.1 Å². The Labute approximate surface area is 156 Å². The van der Waals surface area contributed by atoms with E-state index in [9.17, 15) is 0 Å². The van der Waals surface area contributed by atoms with E-state index < -0.39 is 0 Å². The molecule has 1 aromatic heterocycles. The third-order valence-corrected chi connectivity index (χ3v) is 4.83. The zero-order valence-electron chi connectivity index (χ0n) is 13.6. The molecule has 25 heavy (non-hydrogen) atoms. The van der Waals surface area contributed by atoms with Crippen molar-refractivity contribution in [1.82, 2.24) is 5.32 Å². The van der Waals surface area contributed by atoms with E-state index in [0.29, 0.717) is 12.4 Å². The third kappa shape index (κ3) is 4.95. The molecule has 0 unspecified atom stereocenters. The summed E-state index contributed by atoms with van der Waals surface area (Å²) in [5.41, 5.74) is 8.88. The fourth-order valence-corrected chi connectivity index (χ4v) is 3.08. The number of hydrogen-bond acceptors (Lipinski definition) is 4. The van der Waals surface area contributed by atoms with Gasteiger partial charge in [0.05, 0.1) is 29.1 Å². The summed E-state index contributed by atoms with van der Waals surface area (Å²) < 4.78 is 0. The number of nitrogens with one attached hydrogen (secondary N) is 1. The largest absolute Gasteiger partial charge is 0.383 e. The average molecular weight is 367 g/mol. The fraction of sp³-hybridized carbons (Fsp3) is 0.105. The molecule has 4 nitrogen and oxygen atoms in total. The highest BCUT2D eigenvalue weighted by Gasteiger charge is 2.03. The number of aliphatic imine (C=N–C) groups is 2. The molecule has 1 aromatic carbocycles. The Bertz CT molecular complexity index is 844. The normalized spacial score (nSPS) is 14.8. The lowest BCUT2D eigenvalue weighted by molar-refractivity contribution is 1.05. The van der Waals surface area contributed by atoms with Gasteiger partial charge in [-0.15, -0.1) is 11.3 Å². The van der Waals surface area contributed by atoms with Crippen molar-refractivity contribution in [2.45, 2.75) is 13.0 Å². The molecule has 0 saturated carbocycles. The summed E-state index contributed by atoms with van der Waals surface area (Å²) in [6.07, 6.45) is 8.49. The van der Waals surface area contributed by atoms with Gasteiger partial charge >= 0.3 is 0 Å². The number of thiophene rings is 1. The topological polar surface area (TPSA) is 62.8 Å². The first-order valence-electron chi connectivity index (χ1n) is 7.84. The van der Waals surface area contributed by atoms with Crippen molar-refractivity contribution in [2.24, 2.45) is 15.7 Å². The van der Waals surface area contributed by atoms with E-state index in [1.807, 2.05) is 60.0 Å². The van der Waals surface area contributed by atoms with Gasteiger partial charge in [0.25, 0.3) is 0 Å². The zero-order valence-corrected chi connectivity index (χ0v) is 15.2. The molecule has 0 saturated heterocycles. The van der Waals surface area contributed by atoms with Gasteiger partial charge in [-0.2, -0.15) is 0 Å². The molecule has 0 spiro atoms. The standard InChI is InChI=1S/C19H18N4S2/c20-19(18-6-3-11-25-18)23-15-9-7-14(8-10-15)12-21-13-22-16-4-1-2-5-17(16)24/h1-4,6-11,13H,5,12H2,(H2,20,23)(H,21,22). The molecule has 0 radical (unpaired) electrons. The lowest BCUT2D eigenvalue weighted by Crippen LogP contribution is -2.18. The van der Waals surface area contributed by atoms with Crippen LogP contribution in [0.1, 0.15) is 16.9 Å². The van der Waals surface area contributed by atoms with Crippen molar-refractivity contribution >= 4 is 46.3 Å². The number of rotatable bonds is 6. The quantitative estimate of drug-likeness (QED) is 0.459. The Morgan fingerprint density at radius 3 is 2.84 bits per heavy atom. The summed E-state index contributed by atoms with van der Waals surface area (Å²) >= 11 is 6.86. The van der Waals surface area contributed by atoms with Gasteiger partial charge in [-0.25, -0.2) is 4.99 Å². The number of nitrogens with two attached hydrogens (primary N) is 1. The Balaban J connectivity index is 1.55. The molecule has 6 heteroatoms. The second-order valence-electron chi connectivity index (χ2n) is 5.39. The molecule has 0 atom stereocenters. The maximum Gasteiger partial charge on any atom is 0.141 e. The van der Waals surface area contributed by atoms with Gasteiger partial charge < -0.3 is 11.1 Å². The van der Waals surface area contributed by atoms with Crippen LogP contribution in [-0.2, 0) is 6.54 Å². The minimum Gasteiger partial charge on any atom is -0.383 e. The molecule has 0 bridgehead atoms. The molecule has 0 fully saturated rings. The van der Waals surface area contributed by atoms with E-state index in [2.05, 4.69) is 15.3 Å². The van der Waals surface area contributed by atoms with E-state index in [1.165, 1.54) is 0 Å². The van der Waals surface area contributed by atoms with Crippen LogP contribution in [0, 0.1) is 0 Å². The van der Waals surface area contributed by atoms with Crippen molar-refractivity contribution in [3.8, 4) is 0 Å². The van der Waals surface area contributed by atoms with E-state index in [0.717, 1.165) is 33.1 Å². The number of benzene rings is 1. The third-order valence-electron chi connectivity index (χ3n) is 3.55. The van der Waals surface area contributed by atoms with Crippen LogP contribution in [-0.4, -0.2) is 17.0 Å². The van der Waals surface area contributed by atoms with Crippen LogP contribution in [0.5, 0.6) is 0 Å². The van der Waals surface area contributed by atoms with Gasteiger partial charge in [-0.3, -0.25) is 4.99 Å². The van der Waals surface area contributed by atoms with Gasteiger partial charge in [0.2, 0.25) is 0 Å². The van der Waals surface area contributed by atoms with Crippen LogP contribution in [0.25, 0.3) is 0 Å². The second kappa shape index (κ2) is 8.50. The molecular formula is C19H18N4S2. The van der Waals surface area contributed by atoms with Crippen LogP contribution in [0.3, 0.4) is 0 Å². The van der Waals surface area contributed by atoms with Crippen LogP contribution in [0.15, 0.2) is 75.7 Å². The molecule has 1 heterocycles. The minimum absolute atomic E-state index is 0.538. The SMILES string of the molecule is NC(=Nc1ccc(CN=CNC2=CC=CCC2=S)cc1)c1cccs1. The lowest BCUT2D eigenvalue weighted by atomic mass is 10.1. The Morgan fingerprint density at radius 1 is 1.28 bits per heavy atom. The van der Waals surface area contributed by atoms with Gasteiger partial charge in [-0.05, 0) is 35.2 Å². The van der Waals surface area contributed by atoms with Crippen LogP contribution in [0.2, 0.25) is 0 Å². The van der Waals surface area contributed by atoms with E-state index in [1.54, 1.807) is 17.7 Å². The highest BCUT2D eigenvalue weighted by atomic mass is 32.1. The average Bonchev–Trinajstić information content (AvgIpc) is 3.16. The second-order valence-corrected chi connectivity index (χ2v) is 6.83. The maximum atomic E-state index is 6.00. The van der Waals surface area contributed by atoms with E-state index in [4.69, 9.17) is 18.0 Å². The first-order chi connectivity index (χ1) is 12.2. The highest BCUT2D eigenvalue weighted by molar-refractivity contribution is 7.80. The number of allylic oxidation sites excluding steroid dienone is 4. The summed E-state index contributed by atoms with van der Waals surface area (Å²) in [5.74, 6) is 0.538. The lowest BCUT2D eigenvalue weighted by Gasteiger charge is -2.09. The van der Waals surface area contributed by atoms with Crippen molar-refractivity contribution in [2.75, 3.05) is 0 Å². The number of nitrogens with zero attached hydrogens (tertiary/aromatic N) is 2. The smallest absolute Gasteiger partial charge is 0.141 e. The monoisotopic (exact) mass is 366 g/mol.